The number of aliphatic hydroxyl groups is 3. The van der Waals surface area contributed by atoms with E-state index in [-0.39, 0.29) is 0 Å². The van der Waals surface area contributed by atoms with E-state index in [4.69, 9.17) is 20.1 Å². The Morgan fingerprint density at radius 3 is 2.30 bits per heavy atom. The summed E-state index contributed by atoms with van der Waals surface area (Å²) in [5, 5.41) is 40.5. The van der Waals surface area contributed by atoms with Crippen LogP contribution in [-0.2, 0) is 14.3 Å². The van der Waals surface area contributed by atoms with Gasteiger partial charge in [0, 0.05) is 12.6 Å². The third kappa shape index (κ3) is 3.96. The third-order valence-corrected chi connectivity index (χ3v) is 2.95. The predicted octanol–water partition coefficient (Wildman–Crippen LogP) is -1.08. The van der Waals surface area contributed by atoms with Crippen molar-refractivity contribution in [3.8, 4) is 5.75 Å². The van der Waals surface area contributed by atoms with E-state index < -0.39 is 78.2 Å². The second-order valence-corrected chi connectivity index (χ2v) is 4.74. The highest BCUT2D eigenvalue weighted by molar-refractivity contribution is 5.88. The van der Waals surface area contributed by atoms with Gasteiger partial charge in [-0.2, -0.15) is 0 Å². The molecule has 0 spiro atoms. The number of nitrogens with one attached hydrogen (secondary N) is 1. The van der Waals surface area contributed by atoms with Crippen LogP contribution >= 0.6 is 0 Å². The lowest BCUT2D eigenvalue weighted by molar-refractivity contribution is -0.271. The number of carboxylic acid groups (broad SMARTS) is 1. The Bertz CT molecular complexity index is 747. The molecule has 0 saturated carbocycles. The lowest BCUT2D eigenvalue weighted by atomic mass is 9.99. The van der Waals surface area contributed by atoms with E-state index >= 15 is 0 Å². The smallest absolute Gasteiger partial charge is 0.335 e. The molecule has 1 aliphatic heterocycles. The minimum atomic E-state index is -1.96. The van der Waals surface area contributed by atoms with Gasteiger partial charge in [-0.15, -0.1) is 0 Å². The minimum absolute atomic E-state index is 0.395. The number of benzene rings is 1. The molecule has 0 aliphatic carbocycles. The van der Waals surface area contributed by atoms with Gasteiger partial charge in [0.15, 0.2) is 6.10 Å². The molecule has 0 aromatic heterocycles. The summed E-state index contributed by atoms with van der Waals surface area (Å²) in [6, 6.07) is -2.77. The summed E-state index contributed by atoms with van der Waals surface area (Å²) in [5.74, 6) is -2.98. The van der Waals surface area contributed by atoms with Crippen LogP contribution in [0.2, 0.25) is 0 Å². The van der Waals surface area contributed by atoms with Gasteiger partial charge in [-0.3, -0.25) is 4.79 Å². The molecule has 1 aliphatic rings. The van der Waals surface area contributed by atoms with E-state index in [1.54, 1.807) is 0 Å². The number of hydrogen-bond donors (Lipinski definition) is 5. The Morgan fingerprint density at radius 1 is 1.17 bits per heavy atom. The molecule has 23 heavy (non-hydrogen) atoms. The number of carbonyl (C=O) groups excluding carboxylic acids is 1. The van der Waals surface area contributed by atoms with Crippen LogP contribution in [0, 0.1) is 0 Å². The van der Waals surface area contributed by atoms with Crippen LogP contribution in [0.15, 0.2) is 24.2 Å². The fourth-order valence-corrected chi connectivity index (χ4v) is 1.86. The van der Waals surface area contributed by atoms with Crippen molar-refractivity contribution in [2.24, 2.45) is 0 Å². The highest BCUT2D eigenvalue weighted by Crippen LogP contribution is 2.25. The van der Waals surface area contributed by atoms with Gasteiger partial charge >= 0.3 is 5.97 Å². The minimum Gasteiger partial charge on any atom is -0.479 e. The van der Waals surface area contributed by atoms with Crippen molar-refractivity contribution in [2.75, 3.05) is 5.32 Å². The van der Waals surface area contributed by atoms with Crippen LogP contribution in [0.1, 0.15) is 12.4 Å². The van der Waals surface area contributed by atoms with E-state index in [1.807, 2.05) is 0 Å². The topological polar surface area (TPSA) is 146 Å². The van der Waals surface area contributed by atoms with Gasteiger partial charge in [0.05, 0.1) is 5.48 Å². The Hall–Kier alpha value is -2.20. The van der Waals surface area contributed by atoms with Crippen LogP contribution in [-0.4, -0.2) is 63.0 Å². The molecule has 0 unspecified atom stereocenters. The van der Waals surface area contributed by atoms with Crippen LogP contribution < -0.4 is 10.1 Å². The molecule has 1 saturated heterocycles. The summed E-state index contributed by atoms with van der Waals surface area (Å²) in [6.45, 7) is 1.11. The van der Waals surface area contributed by atoms with E-state index in [2.05, 4.69) is 5.32 Å². The van der Waals surface area contributed by atoms with Crippen molar-refractivity contribution < 1.29 is 45.0 Å². The summed E-state index contributed by atoms with van der Waals surface area (Å²) in [6.07, 6.45) is -9.71. The highest BCUT2D eigenvalue weighted by atomic mass is 16.7. The molecule has 0 bridgehead atoms. The second-order valence-electron chi connectivity index (χ2n) is 4.74. The van der Waals surface area contributed by atoms with E-state index in [1.165, 1.54) is 0 Å². The molecular formula is C14H17NO8. The van der Waals surface area contributed by atoms with Crippen molar-refractivity contribution in [3.05, 3.63) is 24.2 Å². The van der Waals surface area contributed by atoms with Gasteiger partial charge < -0.3 is 35.2 Å². The molecule has 1 aromatic carbocycles. The molecule has 5 atom stereocenters. The Kier molecular flexibility index (Phi) is 3.69. The molecule has 1 heterocycles. The SMILES string of the molecule is [2H]c1c([2H])c(O[C@@H]2O[C@H](C(=O)O)[C@@H](O)[C@H](O)[C@H]2O)c([2H])c([2H])c1NC(C)=O. The number of ether oxygens (including phenoxy) is 2. The first-order chi connectivity index (χ1) is 12.5. The number of anilines is 1. The molecule has 9 heteroatoms. The summed E-state index contributed by atoms with van der Waals surface area (Å²) in [7, 11) is 0. The Balaban J connectivity index is 2.42. The van der Waals surface area contributed by atoms with Crippen molar-refractivity contribution in [2.45, 2.75) is 37.6 Å². The maximum atomic E-state index is 11.2. The molecule has 9 nitrogen and oxygen atoms in total. The number of carboxylic acids is 1. The zero-order valence-electron chi connectivity index (χ0n) is 15.8. The van der Waals surface area contributed by atoms with Gasteiger partial charge in [-0.1, -0.05) is 0 Å². The first-order valence-electron chi connectivity index (χ1n) is 8.44. The highest BCUT2D eigenvalue weighted by Gasteiger charge is 2.48. The molecule has 1 fully saturated rings. The van der Waals surface area contributed by atoms with Gasteiger partial charge in [-0.05, 0) is 24.2 Å². The van der Waals surface area contributed by atoms with Crippen LogP contribution in [0.25, 0.3) is 0 Å². The summed E-state index contributed by atoms with van der Waals surface area (Å²) < 4.78 is 41.5. The normalized spacial score (nSPS) is 33.0. The van der Waals surface area contributed by atoms with Gasteiger partial charge in [0.1, 0.15) is 24.1 Å². The van der Waals surface area contributed by atoms with E-state index in [0.717, 1.165) is 6.92 Å². The van der Waals surface area contributed by atoms with Crippen LogP contribution in [0.3, 0.4) is 0 Å². The van der Waals surface area contributed by atoms with Crippen LogP contribution in [0.4, 0.5) is 5.69 Å². The van der Waals surface area contributed by atoms with Crippen molar-refractivity contribution in [3.63, 3.8) is 0 Å². The Labute approximate surface area is 136 Å². The maximum absolute atomic E-state index is 11.2. The average Bonchev–Trinajstić information content (AvgIpc) is 2.60. The number of hydrogen-bond acceptors (Lipinski definition) is 7. The summed E-state index contributed by atoms with van der Waals surface area (Å²) in [5.41, 5.74) is -0.395. The zero-order chi connectivity index (χ0) is 20.6. The second kappa shape index (κ2) is 6.92. The number of amides is 1. The predicted molar refractivity (Wildman–Crippen MR) is 75.7 cm³/mol. The summed E-state index contributed by atoms with van der Waals surface area (Å²) >= 11 is 0. The summed E-state index contributed by atoms with van der Waals surface area (Å²) in [4.78, 5) is 22.3. The molecular weight excluding hydrogens is 310 g/mol. The van der Waals surface area contributed by atoms with E-state index in [0.29, 0.717) is 0 Å². The zero-order valence-corrected chi connectivity index (χ0v) is 11.8. The van der Waals surface area contributed by atoms with Gasteiger partial charge in [0.25, 0.3) is 0 Å². The standard InChI is InChI=1S/C14H17NO8/c1-6(16)15-7-2-4-8(5-3-7)22-14-11(19)9(17)10(18)12(23-14)13(20)21/h2-5,9-12,14,17-19H,1H3,(H,15,16)(H,20,21)/t9-,10-,11+,12-,14+/m0/s1/i2D,3D,4D,5D. The quantitative estimate of drug-likeness (QED) is 0.468. The monoisotopic (exact) mass is 331 g/mol. The van der Waals surface area contributed by atoms with Crippen molar-refractivity contribution >= 4 is 17.6 Å². The van der Waals surface area contributed by atoms with E-state index in [9.17, 15) is 24.9 Å². The first-order valence-corrected chi connectivity index (χ1v) is 6.44. The van der Waals surface area contributed by atoms with Gasteiger partial charge in [0.2, 0.25) is 12.2 Å². The number of carbonyl (C=O) groups is 2. The fraction of sp³-hybridized carbons (Fsp3) is 0.429. The molecule has 0 radical (unpaired) electrons. The molecule has 126 valence electrons. The lowest BCUT2D eigenvalue weighted by Gasteiger charge is -2.38. The third-order valence-electron chi connectivity index (χ3n) is 2.95. The largest absolute Gasteiger partial charge is 0.479 e. The number of aliphatic carboxylic acids is 1. The molecule has 5 N–H and O–H groups in total. The first kappa shape index (κ1) is 12.3. The fourth-order valence-electron chi connectivity index (χ4n) is 1.86. The molecule has 1 amide bonds. The number of aliphatic hydroxyl groups excluding tert-OH is 3. The molecule has 2 rings (SSSR count). The van der Waals surface area contributed by atoms with Crippen molar-refractivity contribution in [1.82, 2.24) is 0 Å². The average molecular weight is 331 g/mol. The van der Waals surface area contributed by atoms with Gasteiger partial charge in [-0.25, -0.2) is 4.79 Å². The lowest BCUT2D eigenvalue weighted by Crippen LogP contribution is -2.61. The Morgan fingerprint density at radius 2 is 1.78 bits per heavy atom. The maximum Gasteiger partial charge on any atom is 0.335 e. The van der Waals surface area contributed by atoms with Crippen LogP contribution in [0.5, 0.6) is 5.75 Å². The number of rotatable bonds is 4. The van der Waals surface area contributed by atoms with Crippen molar-refractivity contribution in [1.29, 1.82) is 0 Å². The molecule has 1 aromatic rings.